The van der Waals surface area contributed by atoms with Crippen LogP contribution < -0.4 is 5.32 Å². The van der Waals surface area contributed by atoms with Crippen LogP contribution in [0, 0.1) is 0 Å². The monoisotopic (exact) mass is 355 g/mol. The number of alkyl halides is 3. The first kappa shape index (κ1) is 17.5. The van der Waals surface area contributed by atoms with E-state index >= 15 is 0 Å². The molecule has 1 saturated carbocycles. The second kappa shape index (κ2) is 6.89. The minimum Gasteiger partial charge on any atom is -0.352 e. The van der Waals surface area contributed by atoms with Gasteiger partial charge in [-0.2, -0.15) is 23.4 Å². The van der Waals surface area contributed by atoms with Crippen molar-refractivity contribution in [3.05, 3.63) is 35.4 Å². The van der Waals surface area contributed by atoms with E-state index in [2.05, 4.69) is 15.5 Å². The van der Waals surface area contributed by atoms with Crippen LogP contribution in [-0.2, 0) is 19.3 Å². The van der Waals surface area contributed by atoms with Crippen molar-refractivity contribution < 1.29 is 18.0 Å². The zero-order chi connectivity index (χ0) is 18.0. The number of nitrogens with zero attached hydrogens (tertiary/aromatic N) is 4. The molecule has 2 aromatic rings. The molecule has 0 atom stereocenters. The van der Waals surface area contributed by atoms with Gasteiger partial charge in [0.1, 0.15) is 0 Å². The van der Waals surface area contributed by atoms with Crippen molar-refractivity contribution >= 4 is 5.91 Å². The average molecular weight is 355 g/mol. The van der Waals surface area contributed by atoms with Crippen molar-refractivity contribution in [1.29, 1.82) is 0 Å². The Hall–Kier alpha value is -2.32. The zero-order valence-corrected chi connectivity index (χ0v) is 13.9. The Morgan fingerprint density at radius 3 is 2.76 bits per heavy atom. The highest BCUT2D eigenvalue weighted by Crippen LogP contribution is 2.42. The molecule has 6 nitrogen and oxygen atoms in total. The molecule has 0 aromatic carbocycles. The third-order valence-electron chi connectivity index (χ3n) is 4.15. The van der Waals surface area contributed by atoms with Crippen LogP contribution in [0.2, 0.25) is 0 Å². The Labute approximate surface area is 143 Å². The van der Waals surface area contributed by atoms with E-state index in [4.69, 9.17) is 0 Å². The van der Waals surface area contributed by atoms with Crippen molar-refractivity contribution in [3.8, 4) is 0 Å². The Morgan fingerprint density at radius 2 is 2.16 bits per heavy atom. The number of amides is 1. The van der Waals surface area contributed by atoms with Crippen LogP contribution in [-0.4, -0.2) is 32.0 Å². The molecule has 1 N–H and O–H groups in total. The van der Waals surface area contributed by atoms with Crippen molar-refractivity contribution in [3.63, 3.8) is 0 Å². The topological polar surface area (TPSA) is 64.7 Å². The van der Waals surface area contributed by atoms with Gasteiger partial charge < -0.3 is 5.32 Å². The Bertz CT molecular complexity index is 745. The number of halogens is 3. The molecule has 1 aliphatic rings. The van der Waals surface area contributed by atoms with Gasteiger partial charge in [0.05, 0.1) is 11.8 Å². The van der Waals surface area contributed by atoms with Gasteiger partial charge in [0.15, 0.2) is 5.69 Å². The number of rotatable bonds is 7. The summed E-state index contributed by atoms with van der Waals surface area (Å²) >= 11 is 0. The average Bonchev–Trinajstić information content (AvgIpc) is 3.12. The third-order valence-corrected chi connectivity index (χ3v) is 4.15. The molecule has 25 heavy (non-hydrogen) atoms. The fourth-order valence-corrected chi connectivity index (χ4v) is 2.64. The van der Waals surface area contributed by atoms with E-state index < -0.39 is 11.9 Å². The second-order valence-electron chi connectivity index (χ2n) is 6.14. The van der Waals surface area contributed by atoms with Crippen molar-refractivity contribution in [2.24, 2.45) is 0 Å². The van der Waals surface area contributed by atoms with Gasteiger partial charge in [-0.15, -0.1) is 0 Å². The predicted molar refractivity (Wildman–Crippen MR) is 84.1 cm³/mol. The van der Waals surface area contributed by atoms with Gasteiger partial charge >= 0.3 is 6.18 Å². The molecular weight excluding hydrogens is 335 g/mol. The SMILES string of the molecule is CCn1cc(C(=O)NCCCn2nc(C(F)(F)F)cc2C2CC2)cn1. The lowest BCUT2D eigenvalue weighted by Crippen LogP contribution is -2.25. The van der Waals surface area contributed by atoms with E-state index in [0.29, 0.717) is 37.3 Å². The first-order valence-corrected chi connectivity index (χ1v) is 8.34. The molecule has 0 spiro atoms. The fraction of sp³-hybridized carbons (Fsp3) is 0.562. The standard InChI is InChI=1S/C16H20F3N5O/c1-2-23-10-12(9-21-23)15(25)20-6-3-7-24-13(11-4-5-11)8-14(22-24)16(17,18)19/h8-11H,2-7H2,1H3,(H,20,25). The Balaban J connectivity index is 1.53. The van der Waals surface area contributed by atoms with E-state index in [1.165, 1.54) is 10.9 Å². The summed E-state index contributed by atoms with van der Waals surface area (Å²) in [5, 5.41) is 10.5. The Morgan fingerprint density at radius 1 is 1.40 bits per heavy atom. The lowest BCUT2D eigenvalue weighted by atomic mass is 10.2. The molecule has 0 bridgehead atoms. The zero-order valence-electron chi connectivity index (χ0n) is 13.9. The van der Waals surface area contributed by atoms with Crippen LogP contribution in [0.3, 0.4) is 0 Å². The van der Waals surface area contributed by atoms with Gasteiger partial charge in [-0.3, -0.25) is 14.2 Å². The van der Waals surface area contributed by atoms with E-state index in [0.717, 1.165) is 18.9 Å². The van der Waals surface area contributed by atoms with Crippen LogP contribution in [0.5, 0.6) is 0 Å². The molecule has 1 aliphatic carbocycles. The van der Waals surface area contributed by atoms with Gasteiger partial charge in [-0.25, -0.2) is 0 Å². The number of carbonyl (C=O) groups is 1. The highest BCUT2D eigenvalue weighted by Gasteiger charge is 2.37. The number of hydrogen-bond acceptors (Lipinski definition) is 3. The summed E-state index contributed by atoms with van der Waals surface area (Å²) in [6, 6.07) is 1.15. The second-order valence-corrected chi connectivity index (χ2v) is 6.14. The molecule has 2 aromatic heterocycles. The van der Waals surface area contributed by atoms with Gasteiger partial charge in [-0.1, -0.05) is 0 Å². The molecule has 136 valence electrons. The first-order chi connectivity index (χ1) is 11.9. The van der Waals surface area contributed by atoms with E-state index in [9.17, 15) is 18.0 Å². The number of carbonyl (C=O) groups excluding carboxylic acids is 1. The van der Waals surface area contributed by atoms with E-state index in [1.54, 1.807) is 10.9 Å². The molecule has 3 rings (SSSR count). The maximum Gasteiger partial charge on any atom is 0.435 e. The molecule has 2 heterocycles. The van der Waals surface area contributed by atoms with E-state index in [1.807, 2.05) is 6.92 Å². The van der Waals surface area contributed by atoms with Crippen molar-refractivity contribution in [1.82, 2.24) is 24.9 Å². The van der Waals surface area contributed by atoms with Gasteiger partial charge in [0.25, 0.3) is 5.91 Å². The molecule has 9 heteroatoms. The highest BCUT2D eigenvalue weighted by molar-refractivity contribution is 5.93. The maximum absolute atomic E-state index is 12.8. The lowest BCUT2D eigenvalue weighted by molar-refractivity contribution is -0.141. The van der Waals surface area contributed by atoms with Crippen molar-refractivity contribution in [2.75, 3.05) is 6.54 Å². The highest BCUT2D eigenvalue weighted by atomic mass is 19.4. The number of hydrogen-bond donors (Lipinski definition) is 1. The fourth-order valence-electron chi connectivity index (χ4n) is 2.64. The summed E-state index contributed by atoms with van der Waals surface area (Å²) in [5.74, 6) is -0.0587. The molecule has 1 amide bonds. The summed E-state index contributed by atoms with van der Waals surface area (Å²) in [6.45, 7) is 3.31. The summed E-state index contributed by atoms with van der Waals surface area (Å²) in [6.07, 6.45) is 1.04. The van der Waals surface area contributed by atoms with Crippen LogP contribution in [0.4, 0.5) is 13.2 Å². The first-order valence-electron chi connectivity index (χ1n) is 8.34. The largest absolute Gasteiger partial charge is 0.435 e. The predicted octanol–water partition coefficient (Wildman–Crippen LogP) is 2.82. The third kappa shape index (κ3) is 4.21. The summed E-state index contributed by atoms with van der Waals surface area (Å²) < 4.78 is 41.6. The van der Waals surface area contributed by atoms with Gasteiger partial charge in [0.2, 0.25) is 0 Å². The number of nitrogens with one attached hydrogen (secondary N) is 1. The van der Waals surface area contributed by atoms with Crippen LogP contribution in [0.15, 0.2) is 18.5 Å². The van der Waals surface area contributed by atoms with E-state index in [-0.39, 0.29) is 11.8 Å². The van der Waals surface area contributed by atoms with Crippen molar-refractivity contribution in [2.45, 2.75) is 51.4 Å². The van der Waals surface area contributed by atoms with Crippen LogP contribution in [0.25, 0.3) is 0 Å². The number of aromatic nitrogens is 4. The molecule has 0 aliphatic heterocycles. The summed E-state index contributed by atoms with van der Waals surface area (Å²) in [4.78, 5) is 12.0. The summed E-state index contributed by atoms with van der Waals surface area (Å²) in [7, 11) is 0. The Kier molecular flexibility index (Phi) is 4.82. The minimum atomic E-state index is -4.43. The normalized spacial score (nSPS) is 14.7. The molecule has 0 saturated heterocycles. The number of aryl methyl sites for hydroxylation is 2. The lowest BCUT2D eigenvalue weighted by Gasteiger charge is -2.07. The smallest absolute Gasteiger partial charge is 0.352 e. The minimum absolute atomic E-state index is 0.179. The van der Waals surface area contributed by atoms with Gasteiger partial charge in [-0.05, 0) is 32.3 Å². The molecule has 0 unspecified atom stereocenters. The molecule has 0 radical (unpaired) electrons. The van der Waals surface area contributed by atoms with Crippen LogP contribution in [0.1, 0.15) is 53.8 Å². The quantitative estimate of drug-likeness (QED) is 0.777. The molecular formula is C16H20F3N5O. The van der Waals surface area contributed by atoms with Crippen LogP contribution >= 0.6 is 0 Å². The maximum atomic E-state index is 12.8. The summed E-state index contributed by atoms with van der Waals surface area (Å²) in [5.41, 5.74) is 0.271. The van der Waals surface area contributed by atoms with Gasteiger partial charge in [0, 0.05) is 37.4 Å². The molecule has 1 fully saturated rings.